The van der Waals surface area contributed by atoms with Gasteiger partial charge in [-0.1, -0.05) is 41.9 Å². The molecule has 0 spiro atoms. The molecule has 27 heavy (non-hydrogen) atoms. The van der Waals surface area contributed by atoms with Crippen LogP contribution in [0.15, 0.2) is 65.9 Å². The molecule has 0 saturated heterocycles. The topological polar surface area (TPSA) is 49.9 Å². The first-order valence-corrected chi connectivity index (χ1v) is 9.08. The maximum atomic E-state index is 13.2. The standard InChI is InChI=1S/C21H21ClN2O3/c1-4-27-20(25)18-14(2)23(3)21(26)24(17-12-10-16(22)11-13-17)19(18)15-8-6-5-7-9-15/h5-13,19H,4H2,1-3H3. The zero-order chi connectivity index (χ0) is 19.6. The van der Waals surface area contributed by atoms with Crippen LogP contribution in [0.25, 0.3) is 0 Å². The lowest BCUT2D eigenvalue weighted by atomic mass is 9.92. The van der Waals surface area contributed by atoms with Gasteiger partial charge >= 0.3 is 12.0 Å². The van der Waals surface area contributed by atoms with Crippen LogP contribution in [0.4, 0.5) is 10.5 Å². The molecular weight excluding hydrogens is 364 g/mol. The molecule has 1 aliphatic heterocycles. The molecule has 0 aliphatic carbocycles. The molecule has 0 N–H and O–H groups in total. The zero-order valence-electron chi connectivity index (χ0n) is 15.5. The van der Waals surface area contributed by atoms with E-state index in [1.165, 1.54) is 4.90 Å². The van der Waals surface area contributed by atoms with E-state index in [4.69, 9.17) is 16.3 Å². The molecule has 1 unspecified atom stereocenters. The number of allylic oxidation sites excluding steroid dienone is 1. The Morgan fingerprint density at radius 2 is 1.74 bits per heavy atom. The van der Waals surface area contributed by atoms with Gasteiger partial charge in [0.1, 0.15) is 0 Å². The number of carbonyl (C=O) groups is 2. The molecule has 140 valence electrons. The average Bonchev–Trinajstić information content (AvgIpc) is 2.67. The van der Waals surface area contributed by atoms with E-state index in [1.807, 2.05) is 30.3 Å². The first-order chi connectivity index (χ1) is 13.0. The number of carbonyl (C=O) groups excluding carboxylic acids is 2. The lowest BCUT2D eigenvalue weighted by Gasteiger charge is -2.41. The molecule has 0 bridgehead atoms. The molecule has 5 nitrogen and oxygen atoms in total. The summed E-state index contributed by atoms with van der Waals surface area (Å²) in [6, 6.07) is 15.6. The Kier molecular flexibility index (Phi) is 5.51. The van der Waals surface area contributed by atoms with Crippen LogP contribution in [-0.4, -0.2) is 30.6 Å². The second kappa shape index (κ2) is 7.84. The van der Waals surface area contributed by atoms with Gasteiger partial charge in [-0.2, -0.15) is 0 Å². The quantitative estimate of drug-likeness (QED) is 0.712. The van der Waals surface area contributed by atoms with Gasteiger partial charge in [-0.15, -0.1) is 0 Å². The minimum atomic E-state index is -0.588. The van der Waals surface area contributed by atoms with Crippen LogP contribution in [-0.2, 0) is 9.53 Å². The van der Waals surface area contributed by atoms with Gasteiger partial charge in [-0.25, -0.2) is 9.59 Å². The Morgan fingerprint density at radius 3 is 2.33 bits per heavy atom. The predicted octanol–water partition coefficient (Wildman–Crippen LogP) is 4.79. The Morgan fingerprint density at radius 1 is 1.11 bits per heavy atom. The number of hydrogen-bond acceptors (Lipinski definition) is 3. The van der Waals surface area contributed by atoms with Crippen LogP contribution in [0.1, 0.15) is 25.5 Å². The third-order valence-electron chi connectivity index (χ3n) is 4.63. The lowest BCUT2D eigenvalue weighted by Crippen LogP contribution is -2.49. The molecule has 6 heteroatoms. The van der Waals surface area contributed by atoms with Crippen LogP contribution < -0.4 is 4.90 Å². The predicted molar refractivity (Wildman–Crippen MR) is 106 cm³/mol. The highest BCUT2D eigenvalue weighted by molar-refractivity contribution is 6.30. The zero-order valence-corrected chi connectivity index (χ0v) is 16.2. The van der Waals surface area contributed by atoms with Crippen LogP contribution in [0, 0.1) is 0 Å². The monoisotopic (exact) mass is 384 g/mol. The minimum Gasteiger partial charge on any atom is -0.463 e. The van der Waals surface area contributed by atoms with E-state index in [-0.39, 0.29) is 12.6 Å². The lowest BCUT2D eigenvalue weighted by molar-refractivity contribution is -0.139. The number of halogens is 1. The summed E-state index contributed by atoms with van der Waals surface area (Å²) in [5.74, 6) is -0.429. The Labute approximate surface area is 163 Å². The van der Waals surface area contributed by atoms with Crippen molar-refractivity contribution in [3.63, 3.8) is 0 Å². The number of hydrogen-bond donors (Lipinski definition) is 0. The van der Waals surface area contributed by atoms with Gasteiger partial charge in [0.2, 0.25) is 0 Å². The number of ether oxygens (including phenoxy) is 1. The van der Waals surface area contributed by atoms with Crippen molar-refractivity contribution in [2.24, 2.45) is 0 Å². The number of rotatable bonds is 4. The number of amides is 2. The third kappa shape index (κ3) is 3.55. The van der Waals surface area contributed by atoms with E-state index < -0.39 is 12.0 Å². The van der Waals surface area contributed by atoms with Crippen molar-refractivity contribution in [2.75, 3.05) is 18.6 Å². The van der Waals surface area contributed by atoms with Crippen LogP contribution in [0.2, 0.25) is 5.02 Å². The number of benzene rings is 2. The second-order valence-corrected chi connectivity index (χ2v) is 6.66. The highest BCUT2D eigenvalue weighted by atomic mass is 35.5. The van der Waals surface area contributed by atoms with Gasteiger partial charge in [0.25, 0.3) is 0 Å². The van der Waals surface area contributed by atoms with Crippen molar-refractivity contribution in [1.29, 1.82) is 0 Å². The third-order valence-corrected chi connectivity index (χ3v) is 4.88. The van der Waals surface area contributed by atoms with Crippen LogP contribution in [0.3, 0.4) is 0 Å². The van der Waals surface area contributed by atoms with E-state index in [9.17, 15) is 9.59 Å². The molecule has 2 amide bonds. The fraction of sp³-hybridized carbons (Fsp3) is 0.238. The van der Waals surface area contributed by atoms with Crippen molar-refractivity contribution in [3.8, 4) is 0 Å². The van der Waals surface area contributed by atoms with Gasteiger partial charge < -0.3 is 9.64 Å². The molecular formula is C21H21ClN2O3. The molecule has 2 aromatic rings. The van der Waals surface area contributed by atoms with E-state index in [2.05, 4.69) is 0 Å². The summed E-state index contributed by atoms with van der Waals surface area (Å²) in [5.41, 5.74) is 2.51. The highest BCUT2D eigenvalue weighted by Gasteiger charge is 2.41. The summed E-state index contributed by atoms with van der Waals surface area (Å²) >= 11 is 6.02. The molecule has 0 radical (unpaired) electrons. The minimum absolute atomic E-state index is 0.225. The van der Waals surface area contributed by atoms with Crippen LogP contribution in [0.5, 0.6) is 0 Å². The van der Waals surface area contributed by atoms with Crippen molar-refractivity contribution in [3.05, 3.63) is 76.5 Å². The normalized spacial score (nSPS) is 17.3. The summed E-state index contributed by atoms with van der Waals surface area (Å²) in [6.45, 7) is 3.79. The first kappa shape index (κ1) is 19.0. The number of nitrogens with zero attached hydrogens (tertiary/aromatic N) is 2. The average molecular weight is 385 g/mol. The largest absolute Gasteiger partial charge is 0.463 e. The maximum absolute atomic E-state index is 13.2. The molecule has 3 rings (SSSR count). The van der Waals surface area contributed by atoms with Gasteiger partial charge in [0.05, 0.1) is 18.2 Å². The molecule has 1 atom stereocenters. The molecule has 2 aromatic carbocycles. The maximum Gasteiger partial charge on any atom is 0.338 e. The Hall–Kier alpha value is -2.79. The Balaban J connectivity index is 2.22. The van der Waals surface area contributed by atoms with E-state index in [0.717, 1.165) is 5.56 Å². The smallest absolute Gasteiger partial charge is 0.338 e. The fourth-order valence-electron chi connectivity index (χ4n) is 3.20. The molecule has 1 heterocycles. The number of esters is 1. The molecule has 0 fully saturated rings. The van der Waals surface area contributed by atoms with Gasteiger partial charge in [0.15, 0.2) is 0 Å². The summed E-state index contributed by atoms with van der Waals surface area (Å²) in [4.78, 5) is 29.0. The molecule has 0 aromatic heterocycles. The molecule has 1 aliphatic rings. The number of urea groups is 1. The second-order valence-electron chi connectivity index (χ2n) is 6.22. The number of anilines is 1. The Bertz CT molecular complexity index is 878. The summed E-state index contributed by atoms with van der Waals surface area (Å²) < 4.78 is 5.31. The van der Waals surface area contributed by atoms with Crippen molar-refractivity contribution >= 4 is 29.3 Å². The highest BCUT2D eigenvalue weighted by Crippen LogP contribution is 2.40. The van der Waals surface area contributed by atoms with E-state index in [1.54, 1.807) is 50.1 Å². The van der Waals surface area contributed by atoms with Gasteiger partial charge in [-0.3, -0.25) is 4.90 Å². The SMILES string of the molecule is CCOC(=O)C1=C(C)N(C)C(=O)N(c2ccc(Cl)cc2)C1c1ccccc1. The summed E-state index contributed by atoms with van der Waals surface area (Å²) in [7, 11) is 1.65. The van der Waals surface area contributed by atoms with E-state index in [0.29, 0.717) is 22.0 Å². The fourth-order valence-corrected chi connectivity index (χ4v) is 3.33. The molecule has 0 saturated carbocycles. The van der Waals surface area contributed by atoms with E-state index >= 15 is 0 Å². The van der Waals surface area contributed by atoms with Crippen LogP contribution >= 0.6 is 11.6 Å². The van der Waals surface area contributed by atoms with Crippen molar-refractivity contribution in [2.45, 2.75) is 19.9 Å². The first-order valence-electron chi connectivity index (χ1n) is 8.71. The van der Waals surface area contributed by atoms with Crippen molar-refractivity contribution < 1.29 is 14.3 Å². The summed E-state index contributed by atoms with van der Waals surface area (Å²) in [5, 5.41) is 0.574. The van der Waals surface area contributed by atoms with Gasteiger partial charge in [0, 0.05) is 23.5 Å². The van der Waals surface area contributed by atoms with Crippen molar-refractivity contribution in [1.82, 2.24) is 4.90 Å². The summed E-state index contributed by atoms with van der Waals surface area (Å²) in [6.07, 6.45) is 0. The van der Waals surface area contributed by atoms with Gasteiger partial charge in [-0.05, 0) is 43.7 Å².